The van der Waals surface area contributed by atoms with Gasteiger partial charge in [0.05, 0.1) is 11.1 Å². The van der Waals surface area contributed by atoms with Crippen LogP contribution in [0.4, 0.5) is 87.8 Å². The van der Waals surface area contributed by atoms with Crippen molar-refractivity contribution >= 4 is 0 Å². The van der Waals surface area contributed by atoms with Crippen LogP contribution >= 0.6 is 0 Å². The highest BCUT2D eigenvalue weighted by molar-refractivity contribution is 5.46. The molecule has 0 N–H and O–H groups in total. The van der Waals surface area contributed by atoms with Crippen LogP contribution < -0.4 is 0 Å². The van der Waals surface area contributed by atoms with Crippen molar-refractivity contribution in [1.29, 1.82) is 0 Å². The molecule has 1 aliphatic carbocycles. The van der Waals surface area contributed by atoms with Gasteiger partial charge in [0.2, 0.25) is 11.6 Å². The van der Waals surface area contributed by atoms with E-state index in [2.05, 4.69) is 0 Å². The van der Waals surface area contributed by atoms with Gasteiger partial charge in [-0.15, -0.1) is 0 Å². The summed E-state index contributed by atoms with van der Waals surface area (Å²) in [7, 11) is 0. The predicted molar refractivity (Wildman–Crippen MR) is 77.8 cm³/mol. The molecule has 2 aromatic rings. The lowest BCUT2D eigenvalue weighted by Crippen LogP contribution is -2.82. The number of alkyl halides is 10. The Morgan fingerprint density at radius 1 is 0.237 bits per heavy atom. The first-order valence-corrected chi connectivity index (χ1v) is 8.78. The molecule has 0 nitrogen and oxygen atoms in total. The minimum Gasteiger partial charge on any atom is -0.224 e. The van der Waals surface area contributed by atoms with Crippen LogP contribution in [-0.4, -0.2) is 23.7 Å². The minimum absolute atomic E-state index is 3.47. The lowest BCUT2D eigenvalue weighted by atomic mass is 9.61. The van der Waals surface area contributed by atoms with Gasteiger partial charge in [-0.2, -0.15) is 35.1 Å². The molecular formula is C18F20. The molecule has 212 valence electrons. The largest absolute Gasteiger partial charge is 0.379 e. The van der Waals surface area contributed by atoms with Crippen LogP contribution in [-0.2, 0) is 11.3 Å². The van der Waals surface area contributed by atoms with Gasteiger partial charge in [-0.25, -0.2) is 52.7 Å². The van der Waals surface area contributed by atoms with Crippen molar-refractivity contribution in [1.82, 2.24) is 0 Å². The first-order chi connectivity index (χ1) is 16.9. The van der Waals surface area contributed by atoms with Crippen molar-refractivity contribution in [2.45, 2.75) is 35.0 Å². The number of halogens is 20. The number of benzene rings is 2. The van der Waals surface area contributed by atoms with E-state index in [0.29, 0.717) is 0 Å². The SMILES string of the molecule is Fc1c(F)c(F)c(C2(F)C(F)(F)C(F)(F)C(F)(F)C(F)(c3c(F)c(F)c(F)c(F)c3F)C2(F)F)c(F)c1F. The summed E-state index contributed by atoms with van der Waals surface area (Å²) in [5.41, 5.74) is -24.8. The van der Waals surface area contributed by atoms with E-state index in [1.165, 1.54) is 0 Å². The summed E-state index contributed by atoms with van der Waals surface area (Å²) >= 11 is 0. The smallest absolute Gasteiger partial charge is 0.224 e. The molecule has 2 atom stereocenters. The molecular weight excluding hydrogens is 596 g/mol. The van der Waals surface area contributed by atoms with Gasteiger partial charge in [-0.1, -0.05) is 0 Å². The van der Waals surface area contributed by atoms with Crippen LogP contribution in [0.15, 0.2) is 0 Å². The van der Waals surface area contributed by atoms with Crippen LogP contribution in [0, 0.1) is 58.2 Å². The molecule has 0 spiro atoms. The maximum Gasteiger partial charge on any atom is 0.379 e. The minimum atomic E-state index is -8.24. The molecule has 0 radical (unpaired) electrons. The van der Waals surface area contributed by atoms with E-state index in [1.807, 2.05) is 0 Å². The zero-order valence-electron chi connectivity index (χ0n) is 16.6. The van der Waals surface area contributed by atoms with Gasteiger partial charge in [-0.05, 0) is 0 Å². The van der Waals surface area contributed by atoms with Crippen molar-refractivity contribution < 1.29 is 87.8 Å². The molecule has 0 heterocycles. The Morgan fingerprint density at radius 3 is 0.632 bits per heavy atom. The van der Waals surface area contributed by atoms with Gasteiger partial charge in [-0.3, -0.25) is 0 Å². The maximum atomic E-state index is 15.4. The van der Waals surface area contributed by atoms with Gasteiger partial charge in [0.25, 0.3) is 11.3 Å². The lowest BCUT2D eigenvalue weighted by Gasteiger charge is -2.55. The Morgan fingerprint density at radius 2 is 0.421 bits per heavy atom. The lowest BCUT2D eigenvalue weighted by molar-refractivity contribution is -0.472. The molecule has 0 aliphatic heterocycles. The Labute approximate surface area is 193 Å². The monoisotopic (exact) mass is 596 g/mol. The fourth-order valence-electron chi connectivity index (χ4n) is 3.70. The van der Waals surface area contributed by atoms with Crippen LogP contribution in [0.2, 0.25) is 0 Å². The van der Waals surface area contributed by atoms with Crippen LogP contribution in [0.3, 0.4) is 0 Å². The molecule has 3 rings (SSSR count). The van der Waals surface area contributed by atoms with Crippen LogP contribution in [0.5, 0.6) is 0 Å². The van der Waals surface area contributed by atoms with Crippen molar-refractivity contribution in [3.63, 3.8) is 0 Å². The molecule has 0 bridgehead atoms. The van der Waals surface area contributed by atoms with E-state index in [0.717, 1.165) is 0 Å². The summed E-state index contributed by atoms with van der Waals surface area (Å²) < 4.78 is 284. The summed E-state index contributed by atoms with van der Waals surface area (Å²) in [4.78, 5) is 0. The van der Waals surface area contributed by atoms with E-state index in [-0.39, 0.29) is 0 Å². The first kappa shape index (κ1) is 29.6. The van der Waals surface area contributed by atoms with E-state index >= 15 is 17.6 Å². The molecule has 0 amide bonds. The summed E-state index contributed by atoms with van der Waals surface area (Å²) in [5, 5.41) is 0. The van der Waals surface area contributed by atoms with Crippen LogP contribution in [0.1, 0.15) is 11.1 Å². The highest BCUT2D eigenvalue weighted by Crippen LogP contribution is 2.75. The molecule has 2 aromatic carbocycles. The zero-order chi connectivity index (χ0) is 29.9. The third-order valence-electron chi connectivity index (χ3n) is 5.63. The predicted octanol–water partition coefficient (Wildman–Crippen LogP) is 7.66. The third kappa shape index (κ3) is 2.75. The summed E-state index contributed by atoms with van der Waals surface area (Å²) in [5.74, 6) is -71.3. The molecule has 0 saturated heterocycles. The van der Waals surface area contributed by atoms with Gasteiger partial charge >= 0.3 is 23.7 Å². The fraction of sp³-hybridized carbons (Fsp3) is 0.333. The Bertz CT molecular complexity index is 1200. The summed E-state index contributed by atoms with van der Waals surface area (Å²) in [6.07, 6.45) is 0. The second kappa shape index (κ2) is 7.80. The van der Waals surface area contributed by atoms with Crippen LogP contribution in [0.25, 0.3) is 0 Å². The molecule has 1 fully saturated rings. The van der Waals surface area contributed by atoms with Gasteiger partial charge in [0.1, 0.15) is 0 Å². The number of rotatable bonds is 2. The molecule has 0 aromatic heterocycles. The molecule has 1 aliphatic rings. The first-order valence-electron chi connectivity index (χ1n) is 8.78. The van der Waals surface area contributed by atoms with Crippen molar-refractivity contribution in [3.05, 3.63) is 69.3 Å². The molecule has 2 unspecified atom stereocenters. The topological polar surface area (TPSA) is 0 Å². The highest BCUT2D eigenvalue weighted by atomic mass is 19.4. The van der Waals surface area contributed by atoms with Gasteiger partial charge in [0, 0.05) is 0 Å². The van der Waals surface area contributed by atoms with E-state index in [9.17, 15) is 70.2 Å². The second-order valence-corrected chi connectivity index (χ2v) is 7.50. The third-order valence-corrected chi connectivity index (χ3v) is 5.63. The van der Waals surface area contributed by atoms with Crippen molar-refractivity contribution in [2.24, 2.45) is 0 Å². The van der Waals surface area contributed by atoms with Crippen molar-refractivity contribution in [2.75, 3.05) is 0 Å². The van der Waals surface area contributed by atoms with E-state index < -0.39 is 104 Å². The second-order valence-electron chi connectivity index (χ2n) is 7.50. The average Bonchev–Trinajstić information content (AvgIpc) is 2.82. The Kier molecular flexibility index (Phi) is 6.07. The normalized spacial score (nSPS) is 27.5. The Balaban J connectivity index is 2.71. The number of hydrogen-bond acceptors (Lipinski definition) is 0. The quantitative estimate of drug-likeness (QED) is 0.190. The molecule has 20 heteroatoms. The van der Waals surface area contributed by atoms with E-state index in [4.69, 9.17) is 0 Å². The number of hydrogen-bond donors (Lipinski definition) is 0. The van der Waals surface area contributed by atoms with E-state index in [1.54, 1.807) is 0 Å². The standard InChI is InChI=1S/C18F20/c19-3-1(4(20)8(24)11(27)7(3)23)13(29)15(31,32)14(30,17(35,36)18(37,38)16(13,33)34)2-5(21)9(25)12(28)10(26)6(2)22. The molecule has 38 heavy (non-hydrogen) atoms. The van der Waals surface area contributed by atoms with Gasteiger partial charge in [0.15, 0.2) is 46.5 Å². The summed E-state index contributed by atoms with van der Waals surface area (Å²) in [6.45, 7) is 0. The highest BCUT2D eigenvalue weighted by Gasteiger charge is 3.01. The fourth-order valence-corrected chi connectivity index (χ4v) is 3.70. The summed E-state index contributed by atoms with van der Waals surface area (Å²) in [6, 6.07) is 0. The van der Waals surface area contributed by atoms with Crippen molar-refractivity contribution in [3.8, 4) is 0 Å². The maximum absolute atomic E-state index is 15.4. The molecule has 1 saturated carbocycles. The average molecular weight is 596 g/mol. The Hall–Kier alpha value is -2.96. The van der Waals surface area contributed by atoms with Gasteiger partial charge < -0.3 is 0 Å². The zero-order valence-corrected chi connectivity index (χ0v) is 16.6.